The fourth-order valence-electron chi connectivity index (χ4n) is 2.78. The van der Waals surface area contributed by atoms with Gasteiger partial charge in [-0.05, 0) is 37.3 Å². The van der Waals surface area contributed by atoms with E-state index in [4.69, 9.17) is 9.47 Å². The summed E-state index contributed by atoms with van der Waals surface area (Å²) < 4.78 is 10.5. The number of carbonyl (C=O) groups is 4. The summed E-state index contributed by atoms with van der Waals surface area (Å²) >= 11 is 0. The Morgan fingerprint density at radius 2 is 1.93 bits per heavy atom. The molecule has 156 valence electrons. The third-order valence-corrected chi connectivity index (χ3v) is 4.17. The van der Waals surface area contributed by atoms with E-state index in [0.717, 1.165) is 0 Å². The minimum atomic E-state index is -1.04. The van der Waals surface area contributed by atoms with Crippen LogP contribution in [-0.4, -0.2) is 42.9 Å². The van der Waals surface area contributed by atoms with Gasteiger partial charge in [0.2, 0.25) is 0 Å². The zero-order valence-electron chi connectivity index (χ0n) is 16.3. The van der Waals surface area contributed by atoms with Crippen molar-refractivity contribution in [3.05, 3.63) is 54.1 Å². The second kappa shape index (κ2) is 9.55. The molecule has 0 fully saturated rings. The average molecular weight is 411 g/mol. The van der Waals surface area contributed by atoms with Gasteiger partial charge < -0.3 is 25.4 Å². The van der Waals surface area contributed by atoms with Crippen molar-refractivity contribution in [2.75, 3.05) is 23.8 Å². The number of nitrogens with one attached hydrogen (secondary N) is 3. The van der Waals surface area contributed by atoms with Gasteiger partial charge in [0.15, 0.2) is 12.7 Å². The maximum absolute atomic E-state index is 12.0. The van der Waals surface area contributed by atoms with Gasteiger partial charge in [-0.2, -0.15) is 0 Å². The highest BCUT2D eigenvalue weighted by atomic mass is 16.5. The normalized spacial score (nSPS) is 14.6. The highest BCUT2D eigenvalue weighted by Crippen LogP contribution is 2.29. The van der Waals surface area contributed by atoms with Crippen molar-refractivity contribution in [3.63, 3.8) is 0 Å². The van der Waals surface area contributed by atoms with Gasteiger partial charge in [0.25, 0.3) is 17.7 Å². The zero-order chi connectivity index (χ0) is 21.5. The van der Waals surface area contributed by atoms with E-state index >= 15 is 0 Å². The van der Waals surface area contributed by atoms with Crippen LogP contribution in [0.4, 0.5) is 11.4 Å². The summed E-state index contributed by atoms with van der Waals surface area (Å²) in [6.45, 7) is 1.76. The van der Waals surface area contributed by atoms with Crippen molar-refractivity contribution in [3.8, 4) is 5.75 Å². The summed E-state index contributed by atoms with van der Waals surface area (Å²) in [5, 5.41) is 7.87. The molecular weight excluding hydrogens is 390 g/mol. The van der Waals surface area contributed by atoms with Crippen LogP contribution in [0.15, 0.2) is 48.5 Å². The van der Waals surface area contributed by atoms with Gasteiger partial charge in [-0.1, -0.05) is 18.2 Å². The smallest absolute Gasteiger partial charge is 0.310 e. The molecule has 1 atom stereocenters. The lowest BCUT2D eigenvalue weighted by Crippen LogP contribution is -2.39. The van der Waals surface area contributed by atoms with Crippen LogP contribution in [-0.2, 0) is 19.1 Å². The first-order valence-electron chi connectivity index (χ1n) is 9.36. The van der Waals surface area contributed by atoms with Crippen LogP contribution in [0.25, 0.3) is 0 Å². The molecule has 0 unspecified atom stereocenters. The number of rotatable bonds is 7. The topological polar surface area (TPSA) is 123 Å². The SMILES string of the molecule is CCNC(=O)c1cccc(NC(=O)COC(=O)C[C@H]2Oc3ccccc3NC2=O)c1. The van der Waals surface area contributed by atoms with Gasteiger partial charge in [-0.25, -0.2) is 0 Å². The van der Waals surface area contributed by atoms with Crippen LogP contribution >= 0.6 is 0 Å². The highest BCUT2D eigenvalue weighted by Gasteiger charge is 2.30. The molecule has 3 rings (SSSR count). The Hall–Kier alpha value is -3.88. The molecule has 0 saturated carbocycles. The largest absolute Gasteiger partial charge is 0.478 e. The molecule has 1 heterocycles. The lowest BCUT2D eigenvalue weighted by molar-refractivity contribution is -0.150. The Labute approximate surface area is 172 Å². The van der Waals surface area contributed by atoms with E-state index in [1.165, 1.54) is 6.07 Å². The molecule has 1 aliphatic heterocycles. The van der Waals surface area contributed by atoms with Crippen LogP contribution < -0.4 is 20.7 Å². The molecule has 3 amide bonds. The number of benzene rings is 2. The first-order chi connectivity index (χ1) is 14.5. The number of fused-ring (bicyclic) bond motifs is 1. The molecule has 0 saturated heterocycles. The van der Waals surface area contributed by atoms with Gasteiger partial charge in [-0.3, -0.25) is 19.2 Å². The summed E-state index contributed by atoms with van der Waals surface area (Å²) in [5.74, 6) is -1.58. The number of ether oxygens (including phenoxy) is 2. The summed E-state index contributed by atoms with van der Waals surface area (Å²) in [5.41, 5.74) is 1.32. The number of hydrogen-bond donors (Lipinski definition) is 3. The average Bonchev–Trinajstić information content (AvgIpc) is 2.73. The second-order valence-electron chi connectivity index (χ2n) is 6.45. The van der Waals surface area contributed by atoms with Crippen molar-refractivity contribution in [2.45, 2.75) is 19.4 Å². The van der Waals surface area contributed by atoms with Gasteiger partial charge >= 0.3 is 5.97 Å². The number of para-hydroxylation sites is 2. The van der Waals surface area contributed by atoms with Crippen LogP contribution in [0, 0.1) is 0 Å². The maximum atomic E-state index is 12.0. The first-order valence-corrected chi connectivity index (χ1v) is 9.36. The number of anilines is 2. The molecule has 0 spiro atoms. The Bertz CT molecular complexity index is 975. The maximum Gasteiger partial charge on any atom is 0.310 e. The van der Waals surface area contributed by atoms with Gasteiger partial charge in [0.05, 0.1) is 12.1 Å². The molecule has 2 aromatic carbocycles. The molecule has 9 heteroatoms. The van der Waals surface area contributed by atoms with E-state index in [9.17, 15) is 19.2 Å². The lowest BCUT2D eigenvalue weighted by atomic mass is 10.1. The van der Waals surface area contributed by atoms with Crippen molar-refractivity contribution in [1.82, 2.24) is 5.32 Å². The number of carbonyl (C=O) groups excluding carboxylic acids is 4. The fraction of sp³-hybridized carbons (Fsp3) is 0.238. The second-order valence-corrected chi connectivity index (χ2v) is 6.45. The molecule has 3 N–H and O–H groups in total. The number of hydrogen-bond acceptors (Lipinski definition) is 6. The van der Waals surface area contributed by atoms with Crippen LogP contribution in [0.2, 0.25) is 0 Å². The molecule has 0 bridgehead atoms. The lowest BCUT2D eigenvalue weighted by Gasteiger charge is -2.25. The Balaban J connectivity index is 1.48. The molecular formula is C21H21N3O6. The van der Waals surface area contributed by atoms with Crippen LogP contribution in [0.3, 0.4) is 0 Å². The van der Waals surface area contributed by atoms with Crippen molar-refractivity contribution < 1.29 is 28.7 Å². The molecule has 9 nitrogen and oxygen atoms in total. The Morgan fingerprint density at radius 3 is 2.73 bits per heavy atom. The first kappa shape index (κ1) is 20.8. The minimum Gasteiger partial charge on any atom is -0.478 e. The molecule has 0 radical (unpaired) electrons. The van der Waals surface area contributed by atoms with Crippen LogP contribution in [0.5, 0.6) is 5.75 Å². The monoisotopic (exact) mass is 411 g/mol. The third-order valence-electron chi connectivity index (χ3n) is 4.17. The molecule has 2 aromatic rings. The minimum absolute atomic E-state index is 0.257. The van der Waals surface area contributed by atoms with E-state index in [0.29, 0.717) is 29.2 Å². The van der Waals surface area contributed by atoms with Crippen molar-refractivity contribution in [2.24, 2.45) is 0 Å². The van der Waals surface area contributed by atoms with E-state index in [1.54, 1.807) is 49.4 Å². The number of amides is 3. The van der Waals surface area contributed by atoms with Crippen molar-refractivity contribution in [1.29, 1.82) is 0 Å². The van der Waals surface area contributed by atoms with Gasteiger partial charge in [0, 0.05) is 17.8 Å². The summed E-state index contributed by atoms with van der Waals surface area (Å²) in [6, 6.07) is 13.2. The zero-order valence-corrected chi connectivity index (χ0v) is 16.3. The standard InChI is InChI=1S/C21H21N3O6/c1-2-22-20(27)13-6-5-7-14(10-13)23-18(25)12-29-19(26)11-17-21(28)24-15-8-3-4-9-16(15)30-17/h3-10,17H,2,11-12H2,1H3,(H,22,27)(H,23,25)(H,24,28)/t17-/m1/s1. The van der Waals surface area contributed by atoms with E-state index in [1.807, 2.05) is 0 Å². The van der Waals surface area contributed by atoms with E-state index in [-0.39, 0.29) is 12.3 Å². The van der Waals surface area contributed by atoms with Crippen LogP contribution in [0.1, 0.15) is 23.7 Å². The quantitative estimate of drug-likeness (QED) is 0.596. The Kier molecular flexibility index (Phi) is 6.63. The molecule has 30 heavy (non-hydrogen) atoms. The summed E-state index contributed by atoms with van der Waals surface area (Å²) in [7, 11) is 0. The molecule has 0 aromatic heterocycles. The number of esters is 1. The highest BCUT2D eigenvalue weighted by molar-refractivity contribution is 6.00. The summed E-state index contributed by atoms with van der Waals surface area (Å²) in [6.07, 6.45) is -1.37. The predicted molar refractivity (Wildman–Crippen MR) is 108 cm³/mol. The van der Waals surface area contributed by atoms with Gasteiger partial charge in [0.1, 0.15) is 5.75 Å². The van der Waals surface area contributed by atoms with Gasteiger partial charge in [-0.15, -0.1) is 0 Å². The fourth-order valence-corrected chi connectivity index (χ4v) is 2.78. The molecule has 0 aliphatic carbocycles. The predicted octanol–water partition coefficient (Wildman–Crippen LogP) is 1.71. The Morgan fingerprint density at radius 1 is 1.13 bits per heavy atom. The molecule has 1 aliphatic rings. The van der Waals surface area contributed by atoms with Crippen molar-refractivity contribution >= 4 is 35.1 Å². The van der Waals surface area contributed by atoms with E-state index < -0.39 is 30.5 Å². The summed E-state index contributed by atoms with van der Waals surface area (Å²) in [4.78, 5) is 48.0. The third kappa shape index (κ3) is 5.34. The van der Waals surface area contributed by atoms with E-state index in [2.05, 4.69) is 16.0 Å².